The number of nitrogens with zero attached hydrogens (tertiary/aromatic N) is 4. The molecule has 2 heterocycles. The molecule has 3 aromatic carbocycles. The lowest BCUT2D eigenvalue weighted by Crippen LogP contribution is -2.29. The van der Waals surface area contributed by atoms with E-state index in [-0.39, 0.29) is 0 Å². The minimum Gasteiger partial charge on any atom is -0.376 e. The van der Waals surface area contributed by atoms with Crippen LogP contribution in [0.4, 0.5) is 0 Å². The third-order valence-corrected chi connectivity index (χ3v) is 4.93. The van der Waals surface area contributed by atoms with Crippen molar-refractivity contribution in [3.05, 3.63) is 108 Å². The van der Waals surface area contributed by atoms with Gasteiger partial charge in [0, 0.05) is 23.5 Å². The van der Waals surface area contributed by atoms with Crippen molar-refractivity contribution in [3.63, 3.8) is 0 Å². The van der Waals surface area contributed by atoms with Crippen LogP contribution >= 0.6 is 0 Å². The molecule has 0 aliphatic carbocycles. The Morgan fingerprint density at radius 2 is 1.25 bits per heavy atom. The Morgan fingerprint density at radius 3 is 2.00 bits per heavy atom. The molecule has 5 nitrogen and oxygen atoms in total. The fraction of sp³-hybridized carbons (Fsp3) is 0.0435. The summed E-state index contributed by atoms with van der Waals surface area (Å²) in [5.74, 6) is 0. The highest BCUT2D eigenvalue weighted by Crippen LogP contribution is 2.39. The van der Waals surface area contributed by atoms with E-state index < -0.39 is 5.60 Å². The quantitative estimate of drug-likeness (QED) is 0.492. The number of para-hydroxylation sites is 3. The smallest absolute Gasteiger partial charge is 0.145 e. The van der Waals surface area contributed by atoms with Gasteiger partial charge in [0.05, 0.1) is 22.1 Å². The highest BCUT2D eigenvalue weighted by molar-refractivity contribution is 5.89. The van der Waals surface area contributed by atoms with E-state index >= 15 is 0 Å². The van der Waals surface area contributed by atoms with Gasteiger partial charge in [-0.15, -0.1) is 0 Å². The van der Waals surface area contributed by atoms with Gasteiger partial charge in [0.2, 0.25) is 0 Å². The second kappa shape index (κ2) is 6.48. The molecule has 0 aliphatic heterocycles. The molecule has 0 radical (unpaired) electrons. The number of hydrogen-bond donors (Lipinski definition) is 1. The molecule has 2 aromatic heterocycles. The summed E-state index contributed by atoms with van der Waals surface area (Å²) in [6.07, 6.45) is 4.71. The number of rotatable bonds is 3. The Hall–Kier alpha value is -3.70. The van der Waals surface area contributed by atoms with Crippen LogP contribution in [0, 0.1) is 0 Å². The maximum atomic E-state index is 12.0. The van der Waals surface area contributed by atoms with Crippen molar-refractivity contribution < 1.29 is 5.11 Å². The summed E-state index contributed by atoms with van der Waals surface area (Å²) >= 11 is 0. The summed E-state index contributed by atoms with van der Waals surface area (Å²) in [4.78, 5) is 17.8. The number of benzene rings is 3. The van der Waals surface area contributed by atoms with E-state index in [9.17, 15) is 5.11 Å². The second-order valence-electron chi connectivity index (χ2n) is 6.59. The molecule has 1 atom stereocenters. The van der Waals surface area contributed by atoms with Gasteiger partial charge in [-0.25, -0.2) is 19.9 Å². The summed E-state index contributed by atoms with van der Waals surface area (Å²) in [5, 5.41) is 12.0. The first-order valence-electron chi connectivity index (χ1n) is 8.96. The molecular formula is C23H16N4O. The van der Waals surface area contributed by atoms with Crippen molar-refractivity contribution in [2.45, 2.75) is 5.60 Å². The number of aliphatic hydroxyl groups is 1. The molecule has 0 amide bonds. The summed E-state index contributed by atoms with van der Waals surface area (Å²) < 4.78 is 0. The van der Waals surface area contributed by atoms with Crippen molar-refractivity contribution in [1.82, 2.24) is 19.9 Å². The molecule has 0 fully saturated rings. The van der Waals surface area contributed by atoms with E-state index in [0.717, 1.165) is 16.6 Å². The lowest BCUT2D eigenvalue weighted by Gasteiger charge is -2.30. The average molecular weight is 364 g/mol. The van der Waals surface area contributed by atoms with Gasteiger partial charge in [-0.05, 0) is 23.8 Å². The van der Waals surface area contributed by atoms with Gasteiger partial charge < -0.3 is 5.11 Å². The van der Waals surface area contributed by atoms with Gasteiger partial charge in [-0.1, -0.05) is 54.6 Å². The van der Waals surface area contributed by atoms with Gasteiger partial charge in [0.25, 0.3) is 0 Å². The predicted molar refractivity (Wildman–Crippen MR) is 108 cm³/mol. The van der Waals surface area contributed by atoms with Crippen LogP contribution in [0.5, 0.6) is 0 Å². The molecular weight excluding hydrogens is 348 g/mol. The lowest BCUT2D eigenvalue weighted by molar-refractivity contribution is 0.126. The molecule has 28 heavy (non-hydrogen) atoms. The first-order chi connectivity index (χ1) is 13.8. The van der Waals surface area contributed by atoms with Crippen LogP contribution in [-0.4, -0.2) is 25.0 Å². The zero-order valence-corrected chi connectivity index (χ0v) is 14.9. The van der Waals surface area contributed by atoms with Gasteiger partial charge in [0.1, 0.15) is 11.9 Å². The van der Waals surface area contributed by atoms with Gasteiger partial charge in [-0.3, -0.25) is 0 Å². The third-order valence-electron chi connectivity index (χ3n) is 4.93. The molecule has 5 aromatic rings. The fourth-order valence-corrected chi connectivity index (χ4v) is 3.58. The van der Waals surface area contributed by atoms with E-state index in [0.29, 0.717) is 22.2 Å². The van der Waals surface area contributed by atoms with Gasteiger partial charge >= 0.3 is 0 Å². The highest BCUT2D eigenvalue weighted by Gasteiger charge is 2.36. The molecule has 0 saturated heterocycles. The standard InChI is InChI=1S/C23H16N4O/c28-23(16-7-2-1-3-8-16,17-13-24-15-25-14-17)18-9-6-12-21-22(18)27-20-11-5-4-10-19(20)26-21/h1-15,28H. The van der Waals surface area contributed by atoms with Crippen molar-refractivity contribution in [3.8, 4) is 0 Å². The van der Waals surface area contributed by atoms with Crippen LogP contribution < -0.4 is 0 Å². The molecule has 0 bridgehead atoms. The van der Waals surface area contributed by atoms with Crippen LogP contribution in [-0.2, 0) is 5.60 Å². The van der Waals surface area contributed by atoms with Gasteiger partial charge in [0.15, 0.2) is 0 Å². The molecule has 1 unspecified atom stereocenters. The molecule has 0 saturated carbocycles. The zero-order valence-electron chi connectivity index (χ0n) is 14.9. The molecule has 1 N–H and O–H groups in total. The SMILES string of the molecule is OC(c1ccccc1)(c1cncnc1)c1cccc2nc3ccccc3nc12. The Balaban J connectivity index is 1.87. The van der Waals surface area contributed by atoms with Gasteiger partial charge in [-0.2, -0.15) is 0 Å². The zero-order chi connectivity index (χ0) is 19.0. The van der Waals surface area contributed by atoms with E-state index in [2.05, 4.69) is 9.97 Å². The van der Waals surface area contributed by atoms with E-state index in [4.69, 9.17) is 9.97 Å². The van der Waals surface area contributed by atoms with Crippen molar-refractivity contribution in [2.24, 2.45) is 0 Å². The second-order valence-corrected chi connectivity index (χ2v) is 6.59. The van der Waals surface area contributed by atoms with Crippen LogP contribution in [0.3, 0.4) is 0 Å². The molecule has 134 valence electrons. The Morgan fingerprint density at radius 1 is 0.607 bits per heavy atom. The topological polar surface area (TPSA) is 71.8 Å². The Bertz CT molecular complexity index is 1230. The average Bonchev–Trinajstić information content (AvgIpc) is 2.78. The number of hydrogen-bond acceptors (Lipinski definition) is 5. The predicted octanol–water partition coefficient (Wildman–Crippen LogP) is 3.86. The maximum absolute atomic E-state index is 12.0. The van der Waals surface area contributed by atoms with E-state index in [1.54, 1.807) is 12.4 Å². The highest BCUT2D eigenvalue weighted by atomic mass is 16.3. The number of aromatic nitrogens is 4. The van der Waals surface area contributed by atoms with Crippen molar-refractivity contribution in [1.29, 1.82) is 0 Å². The first kappa shape index (κ1) is 16.5. The van der Waals surface area contributed by atoms with Crippen molar-refractivity contribution >= 4 is 22.1 Å². The van der Waals surface area contributed by atoms with Crippen LogP contribution in [0.1, 0.15) is 16.7 Å². The van der Waals surface area contributed by atoms with Crippen molar-refractivity contribution in [2.75, 3.05) is 0 Å². The summed E-state index contributed by atoms with van der Waals surface area (Å²) in [6.45, 7) is 0. The molecule has 5 rings (SSSR count). The lowest BCUT2D eigenvalue weighted by atomic mass is 9.81. The molecule has 5 heteroatoms. The summed E-state index contributed by atoms with van der Waals surface area (Å²) in [6, 6.07) is 22.9. The van der Waals surface area contributed by atoms with E-state index in [1.807, 2.05) is 72.8 Å². The fourth-order valence-electron chi connectivity index (χ4n) is 3.58. The summed E-state index contributed by atoms with van der Waals surface area (Å²) in [5.41, 5.74) is 3.44. The molecule has 0 aliphatic rings. The van der Waals surface area contributed by atoms with Crippen LogP contribution in [0.15, 0.2) is 91.5 Å². The first-order valence-corrected chi connectivity index (χ1v) is 8.96. The third kappa shape index (κ3) is 2.52. The maximum Gasteiger partial charge on any atom is 0.145 e. The largest absolute Gasteiger partial charge is 0.376 e. The Kier molecular flexibility index (Phi) is 3.81. The number of fused-ring (bicyclic) bond motifs is 2. The van der Waals surface area contributed by atoms with Crippen LogP contribution in [0.25, 0.3) is 22.1 Å². The normalized spacial score (nSPS) is 13.5. The minimum absolute atomic E-state index is 0.573. The molecule has 0 spiro atoms. The van der Waals surface area contributed by atoms with E-state index in [1.165, 1.54) is 6.33 Å². The minimum atomic E-state index is -1.46. The monoisotopic (exact) mass is 364 g/mol. The van der Waals surface area contributed by atoms with Crippen LogP contribution in [0.2, 0.25) is 0 Å². The Labute approximate surface area is 161 Å². The summed E-state index contributed by atoms with van der Waals surface area (Å²) in [7, 11) is 0.